The minimum absolute atomic E-state index is 0.0161. The summed E-state index contributed by atoms with van der Waals surface area (Å²) < 4.78 is 1.79. The predicted molar refractivity (Wildman–Crippen MR) is 75.2 cm³/mol. The molecule has 6 heteroatoms. The lowest BCUT2D eigenvalue weighted by Crippen LogP contribution is -2.29. The Morgan fingerprint density at radius 1 is 1.37 bits per heavy atom. The van der Waals surface area contributed by atoms with Gasteiger partial charge in [0.2, 0.25) is 0 Å². The fraction of sp³-hybridized carbons (Fsp3) is 0.462. The third-order valence-corrected chi connectivity index (χ3v) is 4.09. The molecule has 1 amide bonds. The van der Waals surface area contributed by atoms with E-state index in [-0.39, 0.29) is 18.0 Å². The highest BCUT2D eigenvalue weighted by Crippen LogP contribution is 2.23. The van der Waals surface area contributed by atoms with Crippen LogP contribution in [0.25, 0.3) is 0 Å². The second kappa shape index (κ2) is 5.52. The minimum atomic E-state index is -0.0206. The monoisotopic (exact) mass is 278 g/mol. The molecular formula is C13H18N4OS. The van der Waals surface area contributed by atoms with Crippen molar-refractivity contribution < 1.29 is 4.79 Å². The normalized spacial score (nSPS) is 12.7. The SMILES string of the molecule is CC(C)n1cc(C(=O)N(C)[C@H](C)c2cncs2)cn1. The van der Waals surface area contributed by atoms with Crippen LogP contribution in [0.4, 0.5) is 0 Å². The molecule has 1 atom stereocenters. The molecule has 0 unspecified atom stereocenters. The number of thiazole rings is 1. The Kier molecular flexibility index (Phi) is 3.99. The standard InChI is InChI=1S/C13H18N4OS/c1-9(2)17-7-11(5-15-17)13(18)16(4)10(3)12-6-14-8-19-12/h5-10H,1-4H3/t10-/m1/s1. The zero-order valence-corrected chi connectivity index (χ0v) is 12.4. The third kappa shape index (κ3) is 2.84. The van der Waals surface area contributed by atoms with Crippen LogP contribution < -0.4 is 0 Å². The van der Waals surface area contributed by atoms with Gasteiger partial charge in [0.1, 0.15) is 0 Å². The van der Waals surface area contributed by atoms with Gasteiger partial charge in [0.25, 0.3) is 5.91 Å². The highest BCUT2D eigenvalue weighted by molar-refractivity contribution is 7.09. The van der Waals surface area contributed by atoms with Crippen molar-refractivity contribution in [2.24, 2.45) is 0 Å². The minimum Gasteiger partial charge on any atom is -0.334 e. The first-order valence-electron chi connectivity index (χ1n) is 6.20. The summed E-state index contributed by atoms with van der Waals surface area (Å²) in [7, 11) is 1.80. The summed E-state index contributed by atoms with van der Waals surface area (Å²) >= 11 is 1.56. The maximum atomic E-state index is 12.4. The van der Waals surface area contributed by atoms with Gasteiger partial charge in [-0.15, -0.1) is 11.3 Å². The Balaban J connectivity index is 2.14. The van der Waals surface area contributed by atoms with Crippen LogP contribution >= 0.6 is 11.3 Å². The summed E-state index contributed by atoms with van der Waals surface area (Å²) in [4.78, 5) is 19.2. The topological polar surface area (TPSA) is 51.0 Å². The molecule has 0 aliphatic heterocycles. The Morgan fingerprint density at radius 2 is 2.11 bits per heavy atom. The highest BCUT2D eigenvalue weighted by Gasteiger charge is 2.21. The molecule has 102 valence electrons. The molecule has 0 fully saturated rings. The Bertz CT molecular complexity index is 547. The first kappa shape index (κ1) is 13.7. The van der Waals surface area contributed by atoms with Crippen molar-refractivity contribution in [2.45, 2.75) is 32.9 Å². The fourth-order valence-electron chi connectivity index (χ4n) is 1.73. The van der Waals surface area contributed by atoms with Crippen LogP contribution in [0.3, 0.4) is 0 Å². The number of rotatable bonds is 4. The summed E-state index contributed by atoms with van der Waals surface area (Å²) in [5.41, 5.74) is 2.40. The van der Waals surface area contributed by atoms with E-state index in [1.165, 1.54) is 0 Å². The second-order valence-corrected chi connectivity index (χ2v) is 5.72. The van der Waals surface area contributed by atoms with E-state index in [4.69, 9.17) is 0 Å². The van der Waals surface area contributed by atoms with Gasteiger partial charge in [-0.2, -0.15) is 5.10 Å². The van der Waals surface area contributed by atoms with Crippen molar-refractivity contribution >= 4 is 17.2 Å². The van der Waals surface area contributed by atoms with Crippen LogP contribution in [0.1, 0.15) is 48.1 Å². The van der Waals surface area contributed by atoms with Gasteiger partial charge in [0, 0.05) is 30.4 Å². The van der Waals surface area contributed by atoms with E-state index in [0.29, 0.717) is 5.56 Å². The van der Waals surface area contributed by atoms with Crippen molar-refractivity contribution in [2.75, 3.05) is 7.05 Å². The van der Waals surface area contributed by atoms with Gasteiger partial charge in [-0.05, 0) is 20.8 Å². The lowest BCUT2D eigenvalue weighted by Gasteiger charge is -2.23. The average Bonchev–Trinajstić information content (AvgIpc) is 3.06. The van der Waals surface area contributed by atoms with Crippen molar-refractivity contribution in [1.82, 2.24) is 19.7 Å². The van der Waals surface area contributed by atoms with Crippen molar-refractivity contribution in [3.05, 3.63) is 34.5 Å². The van der Waals surface area contributed by atoms with E-state index in [2.05, 4.69) is 10.1 Å². The summed E-state index contributed by atoms with van der Waals surface area (Å²) in [6.07, 6.45) is 5.22. The maximum absolute atomic E-state index is 12.4. The van der Waals surface area contributed by atoms with Crippen LogP contribution in [0.2, 0.25) is 0 Å². The highest BCUT2D eigenvalue weighted by atomic mass is 32.1. The van der Waals surface area contributed by atoms with Gasteiger partial charge in [0.15, 0.2) is 0 Å². The number of aromatic nitrogens is 3. The molecule has 5 nitrogen and oxygen atoms in total. The van der Waals surface area contributed by atoms with Gasteiger partial charge in [-0.3, -0.25) is 14.5 Å². The second-order valence-electron chi connectivity index (χ2n) is 4.80. The third-order valence-electron chi connectivity index (χ3n) is 3.14. The van der Waals surface area contributed by atoms with Gasteiger partial charge < -0.3 is 4.90 Å². The number of carbonyl (C=O) groups is 1. The molecule has 2 heterocycles. The van der Waals surface area contributed by atoms with E-state index < -0.39 is 0 Å². The molecule has 0 aliphatic carbocycles. The van der Waals surface area contributed by atoms with Gasteiger partial charge in [0.05, 0.1) is 23.3 Å². The molecule has 2 aromatic rings. The molecule has 0 radical (unpaired) electrons. The fourth-order valence-corrected chi connectivity index (χ4v) is 2.45. The average molecular weight is 278 g/mol. The molecule has 0 spiro atoms. The first-order chi connectivity index (χ1) is 9.00. The van der Waals surface area contributed by atoms with E-state index in [1.54, 1.807) is 52.1 Å². The Morgan fingerprint density at radius 3 is 2.63 bits per heavy atom. The number of carbonyl (C=O) groups excluding carboxylic acids is 1. The van der Waals surface area contributed by atoms with Gasteiger partial charge in [-0.1, -0.05) is 0 Å². The summed E-state index contributed by atoms with van der Waals surface area (Å²) in [6, 6.07) is 0.271. The summed E-state index contributed by atoms with van der Waals surface area (Å²) in [5, 5.41) is 4.20. The quantitative estimate of drug-likeness (QED) is 0.864. The largest absolute Gasteiger partial charge is 0.334 e. The van der Waals surface area contributed by atoms with Crippen LogP contribution in [0.5, 0.6) is 0 Å². The number of amides is 1. The molecule has 0 saturated heterocycles. The number of nitrogens with zero attached hydrogens (tertiary/aromatic N) is 4. The summed E-state index contributed by atoms with van der Waals surface area (Å²) in [6.45, 7) is 6.06. The number of hydrogen-bond acceptors (Lipinski definition) is 4. The van der Waals surface area contributed by atoms with Crippen molar-refractivity contribution in [3.63, 3.8) is 0 Å². The zero-order chi connectivity index (χ0) is 14.0. The van der Waals surface area contributed by atoms with E-state index in [0.717, 1.165) is 4.88 Å². The van der Waals surface area contributed by atoms with Crippen molar-refractivity contribution in [1.29, 1.82) is 0 Å². The molecule has 0 aromatic carbocycles. The Hall–Kier alpha value is -1.69. The summed E-state index contributed by atoms with van der Waals surface area (Å²) in [5.74, 6) is -0.0206. The van der Waals surface area contributed by atoms with Crippen LogP contribution in [-0.4, -0.2) is 32.6 Å². The smallest absolute Gasteiger partial charge is 0.257 e. The van der Waals surface area contributed by atoms with Crippen LogP contribution in [0.15, 0.2) is 24.1 Å². The molecule has 0 saturated carbocycles. The van der Waals surface area contributed by atoms with E-state index in [9.17, 15) is 4.79 Å². The maximum Gasteiger partial charge on any atom is 0.257 e. The van der Waals surface area contributed by atoms with Crippen molar-refractivity contribution in [3.8, 4) is 0 Å². The first-order valence-corrected chi connectivity index (χ1v) is 7.08. The van der Waals surface area contributed by atoms with Gasteiger partial charge in [-0.25, -0.2) is 0 Å². The zero-order valence-electron chi connectivity index (χ0n) is 11.6. The van der Waals surface area contributed by atoms with E-state index in [1.807, 2.05) is 20.8 Å². The molecule has 0 bridgehead atoms. The molecule has 19 heavy (non-hydrogen) atoms. The van der Waals surface area contributed by atoms with Crippen LogP contribution in [-0.2, 0) is 0 Å². The Labute approximate surface area is 116 Å². The molecule has 2 aromatic heterocycles. The molecule has 0 N–H and O–H groups in total. The van der Waals surface area contributed by atoms with E-state index >= 15 is 0 Å². The lowest BCUT2D eigenvalue weighted by atomic mass is 10.2. The molecular weight excluding hydrogens is 260 g/mol. The van der Waals surface area contributed by atoms with Gasteiger partial charge >= 0.3 is 0 Å². The number of hydrogen-bond donors (Lipinski definition) is 0. The molecule has 2 rings (SSSR count). The molecule has 0 aliphatic rings. The van der Waals surface area contributed by atoms with Crippen LogP contribution in [0, 0.1) is 0 Å². The predicted octanol–water partition coefficient (Wildman–Crippen LogP) is 2.75. The lowest BCUT2D eigenvalue weighted by molar-refractivity contribution is 0.0744.